The lowest BCUT2D eigenvalue weighted by Gasteiger charge is -2.37. The Morgan fingerprint density at radius 2 is 1.41 bits per heavy atom. The van der Waals surface area contributed by atoms with Gasteiger partial charge in [-0.3, -0.25) is 4.90 Å². The first-order valence-corrected chi connectivity index (χ1v) is 14.7. The molecule has 0 atom stereocenters. The minimum Gasteiger partial charge on any atom is -0.310 e. The summed E-state index contributed by atoms with van der Waals surface area (Å²) in [5.74, 6) is 0. The van der Waals surface area contributed by atoms with E-state index in [4.69, 9.17) is 0 Å². The second-order valence-corrected chi connectivity index (χ2v) is 12.2. The van der Waals surface area contributed by atoms with Crippen molar-refractivity contribution in [2.75, 3.05) is 11.9 Å². The molecule has 41 heavy (non-hydrogen) atoms. The maximum absolute atomic E-state index is 4.35. The van der Waals surface area contributed by atoms with Gasteiger partial charge in [-0.2, -0.15) is 0 Å². The van der Waals surface area contributed by atoms with Crippen LogP contribution in [0.5, 0.6) is 0 Å². The van der Waals surface area contributed by atoms with E-state index in [0.29, 0.717) is 0 Å². The number of hydrogen-bond acceptors (Lipinski definition) is 2. The van der Waals surface area contributed by atoms with Crippen LogP contribution in [0, 0.1) is 0 Å². The van der Waals surface area contributed by atoms with Crippen LogP contribution in [-0.2, 0) is 11.1 Å². The lowest BCUT2D eigenvalue weighted by Crippen LogP contribution is -2.42. The normalized spacial score (nSPS) is 17.2. The first-order chi connectivity index (χ1) is 19.7. The van der Waals surface area contributed by atoms with E-state index in [2.05, 4.69) is 149 Å². The van der Waals surface area contributed by atoms with Crippen molar-refractivity contribution in [3.63, 3.8) is 0 Å². The van der Waals surface area contributed by atoms with Gasteiger partial charge in [0, 0.05) is 33.4 Å². The van der Waals surface area contributed by atoms with Gasteiger partial charge in [0.05, 0.1) is 5.69 Å². The van der Waals surface area contributed by atoms with Gasteiger partial charge in [-0.1, -0.05) is 92.1 Å². The number of para-hydroxylation sites is 1. The van der Waals surface area contributed by atoms with Gasteiger partial charge < -0.3 is 4.90 Å². The van der Waals surface area contributed by atoms with Gasteiger partial charge in [0.2, 0.25) is 0 Å². The highest BCUT2D eigenvalue weighted by molar-refractivity contribution is 6.12. The first-order valence-electron chi connectivity index (χ1n) is 14.7. The summed E-state index contributed by atoms with van der Waals surface area (Å²) in [7, 11) is 2.24. The molecule has 0 N–H and O–H groups in total. The summed E-state index contributed by atoms with van der Waals surface area (Å²) in [5, 5.41) is 2.41. The molecule has 1 heterocycles. The summed E-state index contributed by atoms with van der Waals surface area (Å²) in [5.41, 5.74) is 10.7. The number of benzene rings is 4. The molecule has 2 heteroatoms. The summed E-state index contributed by atoms with van der Waals surface area (Å²) >= 11 is 0. The molecule has 0 saturated heterocycles. The predicted octanol–water partition coefficient (Wildman–Crippen LogP) is 10.6. The van der Waals surface area contributed by atoms with Gasteiger partial charge in [-0.15, -0.1) is 0 Å². The molecule has 1 aliphatic heterocycles. The Kier molecular flexibility index (Phi) is 6.63. The predicted molar refractivity (Wildman–Crippen MR) is 178 cm³/mol. The molecular weight excluding hydrogens is 496 g/mol. The quantitative estimate of drug-likeness (QED) is 0.242. The van der Waals surface area contributed by atoms with Gasteiger partial charge in [-0.25, -0.2) is 0 Å². The van der Waals surface area contributed by atoms with Crippen molar-refractivity contribution in [3.8, 4) is 11.1 Å². The zero-order valence-corrected chi connectivity index (χ0v) is 25.0. The van der Waals surface area contributed by atoms with Gasteiger partial charge in [0.1, 0.15) is 0 Å². The number of fused-ring (bicyclic) bond motifs is 2. The average Bonchev–Trinajstić information content (AvgIpc) is 3.14. The Balaban J connectivity index is 1.69. The van der Waals surface area contributed by atoms with Crippen LogP contribution in [0.25, 0.3) is 34.1 Å². The number of rotatable bonds is 6. The Hall–Kier alpha value is -4.14. The fourth-order valence-electron chi connectivity index (χ4n) is 6.98. The highest BCUT2D eigenvalue weighted by Gasteiger charge is 2.46. The molecule has 4 aromatic carbocycles. The SMILES string of the molecule is C=Cc1c(C=C)c(N(C2=CCCC=C2)c2ccccc2)c2ccccc2c1-c1ccc2c(c1)C(C)(C)N(C)C2(C)C. The van der Waals surface area contributed by atoms with E-state index >= 15 is 0 Å². The molecule has 0 amide bonds. The Bertz CT molecular complexity index is 1730. The molecule has 0 saturated carbocycles. The van der Waals surface area contributed by atoms with E-state index in [0.717, 1.165) is 35.3 Å². The van der Waals surface area contributed by atoms with Crippen molar-refractivity contribution in [2.24, 2.45) is 0 Å². The summed E-state index contributed by atoms with van der Waals surface area (Å²) in [6.45, 7) is 18.0. The van der Waals surface area contributed by atoms with Crippen LogP contribution in [0.1, 0.15) is 62.8 Å². The summed E-state index contributed by atoms with van der Waals surface area (Å²) in [6, 6.07) is 26.5. The van der Waals surface area contributed by atoms with Crippen LogP contribution in [0.2, 0.25) is 0 Å². The zero-order chi connectivity index (χ0) is 28.9. The molecule has 206 valence electrons. The van der Waals surface area contributed by atoms with Gasteiger partial charge in [0.15, 0.2) is 0 Å². The van der Waals surface area contributed by atoms with Crippen LogP contribution >= 0.6 is 0 Å². The lowest BCUT2D eigenvalue weighted by molar-refractivity contribution is 0.0730. The van der Waals surface area contributed by atoms with Crippen molar-refractivity contribution < 1.29 is 0 Å². The van der Waals surface area contributed by atoms with Crippen LogP contribution in [0.15, 0.2) is 110 Å². The molecule has 6 rings (SSSR count). The second-order valence-electron chi connectivity index (χ2n) is 12.2. The standard InChI is InChI=1S/C39H40N2/c1-8-30-31(9-2)37(41(28-18-12-10-13-19-28)29-20-14-11-15-21-29)33-23-17-16-22-32(33)36(30)27-24-25-34-35(26-27)39(5,6)40(7)38(34,3)4/h8-10,12-14,16-26H,1-2,11,15H2,3-7H3. The third kappa shape index (κ3) is 4.12. The summed E-state index contributed by atoms with van der Waals surface area (Å²) < 4.78 is 0. The molecule has 2 aliphatic rings. The minimum atomic E-state index is -0.0793. The fraction of sp³-hybridized carbons (Fsp3) is 0.231. The topological polar surface area (TPSA) is 6.48 Å². The van der Waals surface area contributed by atoms with E-state index < -0.39 is 0 Å². The maximum Gasteiger partial charge on any atom is 0.0618 e. The molecule has 0 bridgehead atoms. The Morgan fingerprint density at radius 3 is 2.07 bits per heavy atom. The molecule has 0 fully saturated rings. The van der Waals surface area contributed by atoms with Gasteiger partial charge >= 0.3 is 0 Å². The van der Waals surface area contributed by atoms with E-state index in [9.17, 15) is 0 Å². The molecule has 0 unspecified atom stereocenters. The maximum atomic E-state index is 4.35. The van der Waals surface area contributed by atoms with Crippen LogP contribution in [0.3, 0.4) is 0 Å². The van der Waals surface area contributed by atoms with Crippen LogP contribution in [-0.4, -0.2) is 11.9 Å². The Labute approximate surface area is 245 Å². The highest BCUT2D eigenvalue weighted by Crippen LogP contribution is 2.51. The second kappa shape index (κ2) is 10.0. The third-order valence-electron chi connectivity index (χ3n) is 9.45. The molecule has 0 spiro atoms. The highest BCUT2D eigenvalue weighted by atomic mass is 15.2. The average molecular weight is 537 g/mol. The molecular formula is C39H40N2. The lowest BCUT2D eigenvalue weighted by atomic mass is 9.83. The minimum absolute atomic E-state index is 0.0335. The molecule has 0 aromatic heterocycles. The zero-order valence-electron chi connectivity index (χ0n) is 25.0. The monoisotopic (exact) mass is 536 g/mol. The Morgan fingerprint density at radius 1 is 0.756 bits per heavy atom. The smallest absolute Gasteiger partial charge is 0.0618 e. The largest absolute Gasteiger partial charge is 0.310 e. The number of nitrogens with zero attached hydrogens (tertiary/aromatic N) is 2. The summed E-state index contributed by atoms with van der Waals surface area (Å²) in [6.07, 6.45) is 13.0. The molecule has 1 aliphatic carbocycles. The van der Waals surface area contributed by atoms with E-state index in [-0.39, 0.29) is 11.1 Å². The fourth-order valence-corrected chi connectivity index (χ4v) is 6.98. The van der Waals surface area contributed by atoms with Gasteiger partial charge in [-0.05, 0) is 105 Å². The number of hydrogen-bond donors (Lipinski definition) is 0. The van der Waals surface area contributed by atoms with Crippen LogP contribution in [0.4, 0.5) is 11.4 Å². The molecule has 0 radical (unpaired) electrons. The molecule has 2 nitrogen and oxygen atoms in total. The van der Waals surface area contributed by atoms with Crippen molar-refractivity contribution >= 4 is 34.3 Å². The van der Waals surface area contributed by atoms with Crippen molar-refractivity contribution in [1.82, 2.24) is 4.90 Å². The van der Waals surface area contributed by atoms with E-state index in [1.54, 1.807) is 0 Å². The van der Waals surface area contributed by atoms with Crippen molar-refractivity contribution in [1.29, 1.82) is 0 Å². The van der Waals surface area contributed by atoms with Crippen molar-refractivity contribution in [2.45, 2.75) is 51.6 Å². The summed E-state index contributed by atoms with van der Waals surface area (Å²) in [4.78, 5) is 4.89. The number of allylic oxidation sites excluding steroid dienone is 3. The van der Waals surface area contributed by atoms with Crippen molar-refractivity contribution in [3.05, 3.63) is 132 Å². The molecule has 4 aromatic rings. The third-order valence-corrected chi connectivity index (χ3v) is 9.45. The van der Waals surface area contributed by atoms with Crippen LogP contribution < -0.4 is 4.90 Å². The first kappa shape index (κ1) is 27.1. The van der Waals surface area contributed by atoms with E-state index in [1.807, 2.05) is 12.2 Å². The van der Waals surface area contributed by atoms with Gasteiger partial charge in [0.25, 0.3) is 0 Å². The number of anilines is 2. The van der Waals surface area contributed by atoms with E-state index in [1.165, 1.54) is 38.7 Å².